The van der Waals surface area contributed by atoms with Crippen molar-refractivity contribution < 1.29 is 36.8 Å². The zero-order valence-electron chi connectivity index (χ0n) is 18.0. The molecule has 0 radical (unpaired) electrons. The van der Waals surface area contributed by atoms with Crippen LogP contribution in [0, 0.1) is 5.82 Å². The predicted octanol–water partition coefficient (Wildman–Crippen LogP) is -1.86. The van der Waals surface area contributed by atoms with Gasteiger partial charge in [-0.05, 0) is 61.1 Å². The molecule has 0 spiro atoms. The van der Waals surface area contributed by atoms with E-state index < -0.39 is 0 Å². The van der Waals surface area contributed by atoms with Gasteiger partial charge in [0, 0.05) is 38.4 Å². The summed E-state index contributed by atoms with van der Waals surface area (Å²) in [6.45, 7) is 5.85. The number of benzene rings is 2. The third-order valence-corrected chi connectivity index (χ3v) is 5.52. The Kier molecular flexibility index (Phi) is 8.87. The molecule has 0 amide bonds. The van der Waals surface area contributed by atoms with Gasteiger partial charge >= 0.3 is 2.85 Å². The molecule has 1 heterocycles. The number of halogens is 3. The van der Waals surface area contributed by atoms with Crippen molar-refractivity contribution in [2.75, 3.05) is 44.2 Å². The van der Waals surface area contributed by atoms with Crippen molar-refractivity contribution in [2.45, 2.75) is 25.7 Å². The number of piperazine rings is 1. The van der Waals surface area contributed by atoms with E-state index in [1.165, 1.54) is 11.3 Å². The predicted molar refractivity (Wildman–Crippen MR) is 106 cm³/mol. The Morgan fingerprint density at radius 1 is 0.929 bits per heavy atom. The quantitative estimate of drug-likeness (QED) is 0.503. The molecule has 1 fully saturated rings. The summed E-state index contributed by atoms with van der Waals surface area (Å²) >= 11 is 0. The molecule has 0 aromatic heterocycles. The molecule has 0 N–H and O–H groups in total. The summed E-state index contributed by atoms with van der Waals surface area (Å²) in [6, 6.07) is 14.2. The van der Waals surface area contributed by atoms with Gasteiger partial charge in [0.15, 0.2) is 11.6 Å². The molecule has 2 aliphatic rings. The minimum Gasteiger partial charge on any atom is -1.00 e. The monoisotopic (exact) mass is 426 g/mol. The van der Waals surface area contributed by atoms with E-state index in [1.54, 1.807) is 6.07 Å². The molecule has 0 unspecified atom stereocenters. The number of nitrogens with zero attached hydrogens (tertiary/aromatic N) is 2. The lowest BCUT2D eigenvalue weighted by atomic mass is 10.1. The molecule has 1 aliphatic heterocycles. The van der Waals surface area contributed by atoms with Gasteiger partial charge in [0.1, 0.15) is 0 Å². The van der Waals surface area contributed by atoms with Crippen LogP contribution in [0.1, 0.15) is 26.8 Å². The van der Waals surface area contributed by atoms with Crippen molar-refractivity contribution in [1.82, 2.24) is 4.90 Å². The van der Waals surface area contributed by atoms with E-state index >= 15 is 0 Å². The second-order valence-corrected chi connectivity index (χ2v) is 7.27. The summed E-state index contributed by atoms with van der Waals surface area (Å²) in [5.74, 6) is 0.224. The van der Waals surface area contributed by atoms with Gasteiger partial charge in [0.2, 0.25) is 0 Å². The zero-order chi connectivity index (χ0) is 17.8. The van der Waals surface area contributed by atoms with Gasteiger partial charge in [-0.2, -0.15) is 0 Å². The van der Waals surface area contributed by atoms with E-state index in [2.05, 4.69) is 40.1 Å². The fourth-order valence-corrected chi connectivity index (χ4v) is 4.02. The molecule has 154 valence electrons. The van der Waals surface area contributed by atoms with E-state index in [-0.39, 0.29) is 33.5 Å². The summed E-state index contributed by atoms with van der Waals surface area (Å²) in [7, 11) is 0. The topological polar surface area (TPSA) is 15.7 Å². The largest absolute Gasteiger partial charge is 1.00 e. The van der Waals surface area contributed by atoms with Crippen LogP contribution >= 0.6 is 0 Å². The van der Waals surface area contributed by atoms with Crippen LogP contribution in [-0.2, 0) is 12.8 Å². The van der Waals surface area contributed by atoms with Gasteiger partial charge in [0.05, 0.1) is 6.61 Å². The first-order chi connectivity index (χ1) is 12.8. The second kappa shape index (κ2) is 10.9. The molecule has 4 rings (SSSR count). The van der Waals surface area contributed by atoms with E-state index in [1.807, 2.05) is 6.07 Å². The molecular formula is C22H29Cl2FN2O. The van der Waals surface area contributed by atoms with Gasteiger partial charge in [-0.15, -0.1) is 0 Å². The Morgan fingerprint density at radius 2 is 1.61 bits per heavy atom. The number of anilines is 1. The first kappa shape index (κ1) is 22.8. The average Bonchev–Trinajstić information content (AvgIpc) is 3.13. The molecule has 0 bridgehead atoms. The first-order valence-corrected chi connectivity index (χ1v) is 9.76. The number of para-hydroxylation sites is 1. The molecular weight excluding hydrogens is 398 g/mol. The number of hydrogen-bond donors (Lipinski definition) is 0. The van der Waals surface area contributed by atoms with Crippen molar-refractivity contribution in [3.8, 4) is 5.75 Å². The third kappa shape index (κ3) is 5.53. The lowest BCUT2D eigenvalue weighted by molar-refractivity contribution is -0.001000. The van der Waals surface area contributed by atoms with Crippen molar-refractivity contribution >= 4 is 5.69 Å². The number of aryl methyl sites for hydroxylation is 2. The number of fused-ring (bicyclic) bond motifs is 1. The fraction of sp³-hybridized carbons (Fsp3) is 0.455. The Morgan fingerprint density at radius 3 is 2.32 bits per heavy atom. The molecule has 0 saturated carbocycles. The fourth-order valence-electron chi connectivity index (χ4n) is 4.02. The molecule has 1 saturated heterocycles. The molecule has 2 aromatic carbocycles. The highest BCUT2D eigenvalue weighted by Crippen LogP contribution is 2.29. The van der Waals surface area contributed by atoms with E-state index in [4.69, 9.17) is 4.74 Å². The highest BCUT2D eigenvalue weighted by molar-refractivity contribution is 5.46. The van der Waals surface area contributed by atoms with Crippen LogP contribution in [0.25, 0.3) is 0 Å². The van der Waals surface area contributed by atoms with E-state index in [0.29, 0.717) is 12.4 Å². The Balaban J connectivity index is 0.00000210. The standard InChI is InChI=1S/C22H27FN2O.2ClH/c23-21-16-18-6-4-7-19(18)17-22(21)26-15-5-10-24-11-13-25(14-12-24)20-8-2-1-3-9-20;;/h1-3,8-9,16-17H,4-7,10-15H2;2*1H. The summed E-state index contributed by atoms with van der Waals surface area (Å²) < 4.78 is 19.8. The number of hydrogen-bond acceptors (Lipinski definition) is 3. The highest BCUT2D eigenvalue weighted by atomic mass is 35.5. The summed E-state index contributed by atoms with van der Waals surface area (Å²) in [5, 5.41) is 0. The van der Waals surface area contributed by atoms with Crippen molar-refractivity contribution in [3.63, 3.8) is 0 Å². The third-order valence-electron chi connectivity index (χ3n) is 5.52. The first-order valence-electron chi connectivity index (χ1n) is 9.76. The van der Waals surface area contributed by atoms with Gasteiger partial charge in [-0.25, -0.2) is 4.39 Å². The average molecular weight is 427 g/mol. The molecule has 1 aliphatic carbocycles. The lowest BCUT2D eigenvalue weighted by Crippen LogP contribution is -3.00. The smallest absolute Gasteiger partial charge is 1.00 e. The van der Waals surface area contributed by atoms with Crippen molar-refractivity contribution in [2.24, 2.45) is 0 Å². The van der Waals surface area contributed by atoms with Gasteiger partial charge in [-0.1, -0.05) is 18.2 Å². The Hall–Kier alpha value is -1.49. The van der Waals surface area contributed by atoms with Crippen molar-refractivity contribution in [1.29, 1.82) is 0 Å². The number of rotatable bonds is 6. The van der Waals surface area contributed by atoms with E-state index in [9.17, 15) is 4.39 Å². The van der Waals surface area contributed by atoms with E-state index in [0.717, 1.165) is 64.0 Å². The number of ether oxygens (including phenoxy) is 1. The minimum atomic E-state index is -0.206. The van der Waals surface area contributed by atoms with Gasteiger partial charge in [-0.3, -0.25) is 4.90 Å². The maximum Gasteiger partial charge on any atom is 1.00 e. The highest BCUT2D eigenvalue weighted by Gasteiger charge is 2.17. The van der Waals surface area contributed by atoms with Gasteiger partial charge < -0.3 is 34.5 Å². The van der Waals surface area contributed by atoms with Gasteiger partial charge in [0.25, 0.3) is 0 Å². The maximum absolute atomic E-state index is 14.1. The van der Waals surface area contributed by atoms with Crippen LogP contribution in [0.4, 0.5) is 10.1 Å². The minimum absolute atomic E-state index is 0. The Bertz CT molecular complexity index is 747. The molecule has 0 atom stereocenters. The normalized spacial score (nSPS) is 16.1. The Labute approximate surface area is 182 Å². The van der Waals surface area contributed by atoms with Crippen LogP contribution in [0.3, 0.4) is 0 Å². The van der Waals surface area contributed by atoms with Crippen molar-refractivity contribution in [3.05, 3.63) is 59.4 Å². The zero-order valence-corrected chi connectivity index (χ0v) is 17.6. The SMILES string of the molecule is Fc1cc2c(cc1OCCCN1CCN(c3ccccc3)CC1)CCC2.[Cl-].[Cl-].[H+].[H+]. The lowest BCUT2D eigenvalue weighted by Gasteiger charge is -2.36. The molecule has 28 heavy (non-hydrogen) atoms. The van der Waals surface area contributed by atoms with Crippen LogP contribution in [0.2, 0.25) is 0 Å². The second-order valence-electron chi connectivity index (χ2n) is 7.27. The summed E-state index contributed by atoms with van der Waals surface area (Å²) in [5.41, 5.74) is 3.73. The van der Waals surface area contributed by atoms with Crippen LogP contribution in [0.15, 0.2) is 42.5 Å². The van der Waals surface area contributed by atoms with Crippen LogP contribution in [0.5, 0.6) is 5.75 Å². The summed E-state index contributed by atoms with van der Waals surface area (Å²) in [4.78, 5) is 4.91. The van der Waals surface area contributed by atoms with Crippen LogP contribution in [-0.4, -0.2) is 44.2 Å². The molecule has 6 heteroatoms. The molecule has 3 nitrogen and oxygen atoms in total. The molecule has 2 aromatic rings. The summed E-state index contributed by atoms with van der Waals surface area (Å²) in [6.07, 6.45) is 4.12. The maximum atomic E-state index is 14.1. The van der Waals surface area contributed by atoms with Crippen LogP contribution < -0.4 is 34.5 Å².